The molecule has 1 saturated carbocycles. The van der Waals surface area contributed by atoms with Crippen molar-refractivity contribution in [2.45, 2.75) is 31.7 Å². The normalized spacial score (nSPS) is 30.3. The molecule has 0 bridgehead atoms. The van der Waals surface area contributed by atoms with Crippen LogP contribution < -0.4 is 4.72 Å². The van der Waals surface area contributed by atoms with Crippen molar-refractivity contribution in [3.63, 3.8) is 0 Å². The van der Waals surface area contributed by atoms with E-state index in [-0.39, 0.29) is 6.04 Å². The first-order chi connectivity index (χ1) is 6.01. The largest absolute Gasteiger partial charge is 0.213 e. The van der Waals surface area contributed by atoms with Gasteiger partial charge in [0.05, 0.1) is 6.26 Å². The molecule has 0 radical (unpaired) electrons. The molecule has 1 aliphatic carbocycles. The predicted molar refractivity (Wildman–Crippen MR) is 57.5 cm³/mol. The number of hydrogen-bond donors (Lipinski definition) is 1. The summed E-state index contributed by atoms with van der Waals surface area (Å²) < 4.78 is 24.6. The average Bonchev–Trinajstić information content (AvgIpc) is 2.01. The lowest BCUT2D eigenvalue weighted by Gasteiger charge is -2.27. The molecule has 1 fully saturated rings. The van der Waals surface area contributed by atoms with E-state index in [2.05, 4.69) is 20.7 Å². The predicted octanol–water partition coefficient (Wildman–Crippen LogP) is 1.49. The Morgan fingerprint density at radius 2 is 2.15 bits per heavy atom. The number of rotatable bonds is 3. The van der Waals surface area contributed by atoms with Crippen LogP contribution in [0, 0.1) is 5.92 Å². The summed E-state index contributed by atoms with van der Waals surface area (Å²) in [6, 6.07) is 0.159. The number of halogens is 1. The van der Waals surface area contributed by atoms with E-state index >= 15 is 0 Å². The summed E-state index contributed by atoms with van der Waals surface area (Å²) in [5.41, 5.74) is 0. The zero-order chi connectivity index (χ0) is 9.90. The van der Waals surface area contributed by atoms with Gasteiger partial charge >= 0.3 is 0 Å². The first-order valence-corrected chi connectivity index (χ1v) is 7.56. The number of alkyl halides is 1. The van der Waals surface area contributed by atoms with E-state index < -0.39 is 10.0 Å². The molecular formula is C8H16BrNO2S. The molecule has 1 aliphatic rings. The van der Waals surface area contributed by atoms with E-state index in [0.29, 0.717) is 5.92 Å². The van der Waals surface area contributed by atoms with Gasteiger partial charge in [-0.1, -0.05) is 22.4 Å². The van der Waals surface area contributed by atoms with E-state index in [4.69, 9.17) is 0 Å². The van der Waals surface area contributed by atoms with Gasteiger partial charge in [-0.15, -0.1) is 0 Å². The smallest absolute Gasteiger partial charge is 0.208 e. The van der Waals surface area contributed by atoms with Crippen LogP contribution in [0.3, 0.4) is 0 Å². The van der Waals surface area contributed by atoms with Crippen molar-refractivity contribution in [3.05, 3.63) is 0 Å². The Morgan fingerprint density at radius 1 is 1.46 bits per heavy atom. The molecule has 2 unspecified atom stereocenters. The summed E-state index contributed by atoms with van der Waals surface area (Å²) in [4.78, 5) is 0. The van der Waals surface area contributed by atoms with Crippen LogP contribution in [0.2, 0.25) is 0 Å². The second-order valence-electron chi connectivity index (χ2n) is 3.77. The van der Waals surface area contributed by atoms with Crippen molar-refractivity contribution in [1.29, 1.82) is 0 Å². The fourth-order valence-corrected chi connectivity index (χ4v) is 3.25. The molecule has 0 aliphatic heterocycles. The van der Waals surface area contributed by atoms with Gasteiger partial charge in [0.25, 0.3) is 0 Å². The summed E-state index contributed by atoms with van der Waals surface area (Å²) in [6.07, 6.45) is 5.52. The van der Waals surface area contributed by atoms with E-state index in [0.717, 1.165) is 24.6 Å². The summed E-state index contributed by atoms with van der Waals surface area (Å²) in [5.74, 6) is 0.632. The van der Waals surface area contributed by atoms with Gasteiger partial charge in [-0.25, -0.2) is 13.1 Å². The van der Waals surface area contributed by atoms with Gasteiger partial charge in [0.15, 0.2) is 0 Å². The van der Waals surface area contributed by atoms with Crippen molar-refractivity contribution in [2.24, 2.45) is 5.92 Å². The molecule has 0 saturated heterocycles. The Bertz CT molecular complexity index is 253. The first-order valence-electron chi connectivity index (χ1n) is 4.54. The molecule has 0 aromatic heterocycles. The highest BCUT2D eigenvalue weighted by molar-refractivity contribution is 9.09. The van der Waals surface area contributed by atoms with Crippen LogP contribution in [0.25, 0.3) is 0 Å². The Morgan fingerprint density at radius 3 is 2.69 bits per heavy atom. The SMILES string of the molecule is CS(=O)(=O)NC1CCCC(CBr)C1. The van der Waals surface area contributed by atoms with Crippen LogP contribution in [0.4, 0.5) is 0 Å². The van der Waals surface area contributed by atoms with Gasteiger partial charge in [-0.2, -0.15) is 0 Å². The zero-order valence-electron chi connectivity index (χ0n) is 7.79. The van der Waals surface area contributed by atoms with Crippen LogP contribution >= 0.6 is 15.9 Å². The minimum Gasteiger partial charge on any atom is -0.213 e. The third-order valence-corrected chi connectivity index (χ3v) is 4.06. The zero-order valence-corrected chi connectivity index (χ0v) is 10.2. The van der Waals surface area contributed by atoms with Crippen LogP contribution in [-0.2, 0) is 10.0 Å². The number of nitrogens with one attached hydrogen (secondary N) is 1. The molecule has 0 spiro atoms. The Labute approximate surface area is 88.5 Å². The van der Waals surface area contributed by atoms with Gasteiger partial charge in [0, 0.05) is 11.4 Å². The Balaban J connectivity index is 2.43. The van der Waals surface area contributed by atoms with E-state index in [1.165, 1.54) is 12.7 Å². The molecule has 1 N–H and O–H groups in total. The summed E-state index contributed by atoms with van der Waals surface area (Å²) in [6.45, 7) is 0. The van der Waals surface area contributed by atoms with Gasteiger partial charge in [-0.3, -0.25) is 0 Å². The number of sulfonamides is 1. The molecule has 0 aromatic carbocycles. The minimum absolute atomic E-state index is 0.159. The highest BCUT2D eigenvalue weighted by Gasteiger charge is 2.22. The van der Waals surface area contributed by atoms with Crippen molar-refractivity contribution in [3.8, 4) is 0 Å². The lowest BCUT2D eigenvalue weighted by Crippen LogP contribution is -2.37. The topological polar surface area (TPSA) is 46.2 Å². The van der Waals surface area contributed by atoms with E-state index in [1.807, 2.05) is 0 Å². The van der Waals surface area contributed by atoms with E-state index in [9.17, 15) is 8.42 Å². The molecular weight excluding hydrogens is 254 g/mol. The average molecular weight is 270 g/mol. The van der Waals surface area contributed by atoms with Gasteiger partial charge in [0.1, 0.15) is 0 Å². The molecule has 13 heavy (non-hydrogen) atoms. The third-order valence-electron chi connectivity index (χ3n) is 2.38. The molecule has 0 amide bonds. The molecule has 5 heteroatoms. The standard InChI is InChI=1S/C8H16BrNO2S/c1-13(11,12)10-8-4-2-3-7(5-8)6-9/h7-8,10H,2-6H2,1H3. The van der Waals surface area contributed by atoms with Gasteiger partial charge in [-0.05, 0) is 25.2 Å². The molecule has 2 atom stereocenters. The Hall–Kier alpha value is 0.390. The van der Waals surface area contributed by atoms with Gasteiger partial charge < -0.3 is 0 Å². The van der Waals surface area contributed by atoms with Gasteiger partial charge in [0.2, 0.25) is 10.0 Å². The second kappa shape index (κ2) is 4.75. The van der Waals surface area contributed by atoms with E-state index in [1.54, 1.807) is 0 Å². The van der Waals surface area contributed by atoms with Crippen LogP contribution in [0.15, 0.2) is 0 Å². The van der Waals surface area contributed by atoms with Crippen molar-refractivity contribution >= 4 is 26.0 Å². The lowest BCUT2D eigenvalue weighted by molar-refractivity contribution is 0.333. The van der Waals surface area contributed by atoms with Crippen LogP contribution in [-0.4, -0.2) is 26.0 Å². The monoisotopic (exact) mass is 269 g/mol. The molecule has 1 rings (SSSR count). The quantitative estimate of drug-likeness (QED) is 0.790. The molecule has 3 nitrogen and oxygen atoms in total. The lowest BCUT2D eigenvalue weighted by atomic mass is 9.88. The Kier molecular flexibility index (Phi) is 4.19. The summed E-state index contributed by atoms with van der Waals surface area (Å²) in [5, 5.41) is 0.981. The molecule has 0 aromatic rings. The fraction of sp³-hybridized carbons (Fsp3) is 1.00. The first kappa shape index (κ1) is 11.5. The summed E-state index contributed by atoms with van der Waals surface area (Å²) >= 11 is 3.44. The summed E-state index contributed by atoms with van der Waals surface area (Å²) in [7, 11) is -3.02. The molecule has 0 heterocycles. The minimum atomic E-state index is -3.02. The third kappa shape index (κ3) is 4.42. The maximum atomic E-state index is 11.0. The number of hydrogen-bond acceptors (Lipinski definition) is 2. The van der Waals surface area contributed by atoms with Crippen molar-refractivity contribution in [1.82, 2.24) is 4.72 Å². The maximum absolute atomic E-state index is 11.0. The highest BCUT2D eigenvalue weighted by atomic mass is 79.9. The van der Waals surface area contributed by atoms with Crippen LogP contribution in [0.1, 0.15) is 25.7 Å². The second-order valence-corrected chi connectivity index (χ2v) is 6.20. The highest BCUT2D eigenvalue weighted by Crippen LogP contribution is 2.25. The maximum Gasteiger partial charge on any atom is 0.208 e. The van der Waals surface area contributed by atoms with Crippen molar-refractivity contribution < 1.29 is 8.42 Å². The van der Waals surface area contributed by atoms with Crippen molar-refractivity contribution in [2.75, 3.05) is 11.6 Å². The van der Waals surface area contributed by atoms with Crippen LogP contribution in [0.5, 0.6) is 0 Å². The fourth-order valence-electron chi connectivity index (χ4n) is 1.84. The molecule has 78 valence electrons.